The van der Waals surface area contributed by atoms with Crippen molar-refractivity contribution in [3.63, 3.8) is 0 Å². The number of Topliss-reactive ketones (excluding diaryl/α,β-unsaturated/α-hetero) is 1. The van der Waals surface area contributed by atoms with E-state index >= 15 is 0 Å². The Morgan fingerprint density at radius 1 is 1.05 bits per heavy atom. The Morgan fingerprint density at radius 3 is 2.16 bits per heavy atom. The summed E-state index contributed by atoms with van der Waals surface area (Å²) >= 11 is 0. The molecule has 0 unspecified atom stereocenters. The van der Waals surface area contributed by atoms with Crippen LogP contribution in [0, 0.1) is 5.92 Å². The minimum atomic E-state index is 0.287. The van der Waals surface area contributed by atoms with E-state index in [1.165, 1.54) is 24.0 Å². The molecular weight excluding hydrogens is 236 g/mol. The zero-order chi connectivity index (χ0) is 13.8. The highest BCUT2D eigenvalue weighted by Crippen LogP contribution is 2.40. The fraction of sp³-hybridized carbons (Fsp3) is 0.471. The van der Waals surface area contributed by atoms with Crippen molar-refractivity contribution in [3.8, 4) is 0 Å². The fourth-order valence-corrected chi connectivity index (χ4v) is 2.56. The van der Waals surface area contributed by atoms with Gasteiger partial charge in [-0.3, -0.25) is 4.79 Å². The number of aliphatic hydroxyl groups is 1. The molecule has 0 saturated heterocycles. The second kappa shape index (κ2) is 6.16. The van der Waals surface area contributed by atoms with E-state index in [-0.39, 0.29) is 5.78 Å². The largest absolute Gasteiger partial charge is 0.396 e. The van der Waals surface area contributed by atoms with Crippen molar-refractivity contribution in [2.45, 2.75) is 39.5 Å². The van der Waals surface area contributed by atoms with Gasteiger partial charge in [-0.15, -0.1) is 0 Å². The van der Waals surface area contributed by atoms with E-state index in [1.54, 1.807) is 0 Å². The highest BCUT2D eigenvalue weighted by atomic mass is 16.3. The highest BCUT2D eigenvalue weighted by Gasteiger charge is 2.29. The number of aliphatic hydroxyl groups excluding tert-OH is 1. The van der Waals surface area contributed by atoms with Crippen molar-refractivity contribution < 1.29 is 9.90 Å². The van der Waals surface area contributed by atoms with Gasteiger partial charge in [0.05, 0.1) is 0 Å². The summed E-state index contributed by atoms with van der Waals surface area (Å²) in [5, 5.41) is 8.14. The topological polar surface area (TPSA) is 37.3 Å². The minimum Gasteiger partial charge on any atom is -0.396 e. The summed E-state index contributed by atoms with van der Waals surface area (Å²) in [5.74, 6) is 0.727. The van der Waals surface area contributed by atoms with Crippen molar-refractivity contribution >= 4 is 11.4 Å². The quantitative estimate of drug-likeness (QED) is 0.831. The highest BCUT2D eigenvalue weighted by molar-refractivity contribution is 6.20. The van der Waals surface area contributed by atoms with Gasteiger partial charge in [-0.25, -0.2) is 0 Å². The Kier molecular flexibility index (Phi) is 4.54. The Morgan fingerprint density at radius 2 is 1.58 bits per heavy atom. The van der Waals surface area contributed by atoms with Crippen LogP contribution < -0.4 is 0 Å². The summed E-state index contributed by atoms with van der Waals surface area (Å²) in [7, 11) is 0. The van der Waals surface area contributed by atoms with E-state index < -0.39 is 0 Å². The molecule has 3 rings (SSSR count). The molecule has 0 aliphatic heterocycles. The van der Waals surface area contributed by atoms with E-state index in [4.69, 9.17) is 5.11 Å². The maximum atomic E-state index is 12.0. The number of rotatable bonds is 1. The molecule has 0 radical (unpaired) electrons. The number of ketones is 1. The van der Waals surface area contributed by atoms with Crippen LogP contribution in [0.2, 0.25) is 0 Å². The molecule has 0 amide bonds. The second-order valence-electron chi connectivity index (χ2n) is 5.62. The predicted octanol–water partition coefficient (Wildman–Crippen LogP) is 3.85. The van der Waals surface area contributed by atoms with Crippen LogP contribution in [0.3, 0.4) is 0 Å². The van der Waals surface area contributed by atoms with Gasteiger partial charge in [-0.1, -0.05) is 38.1 Å². The lowest BCUT2D eigenvalue weighted by molar-refractivity contribution is 0.103. The van der Waals surface area contributed by atoms with Gasteiger partial charge in [-0.05, 0) is 42.7 Å². The van der Waals surface area contributed by atoms with Gasteiger partial charge in [0.2, 0.25) is 0 Å². The molecule has 2 aliphatic rings. The van der Waals surface area contributed by atoms with Gasteiger partial charge in [-0.2, -0.15) is 0 Å². The Balaban J connectivity index is 0.000000232. The van der Waals surface area contributed by atoms with Crippen LogP contribution in [0.25, 0.3) is 5.57 Å². The van der Waals surface area contributed by atoms with Crippen LogP contribution in [0.4, 0.5) is 0 Å². The third-order valence-corrected chi connectivity index (χ3v) is 3.60. The first-order chi connectivity index (χ1) is 9.15. The maximum Gasteiger partial charge on any atom is 0.189 e. The molecule has 0 fully saturated rings. The van der Waals surface area contributed by atoms with Crippen LogP contribution in [-0.4, -0.2) is 17.5 Å². The fourth-order valence-electron chi connectivity index (χ4n) is 2.56. The van der Waals surface area contributed by atoms with E-state index in [0.717, 1.165) is 24.0 Å². The lowest BCUT2D eigenvalue weighted by Gasteiger charge is -2.12. The van der Waals surface area contributed by atoms with Crippen molar-refractivity contribution in [1.29, 1.82) is 0 Å². The molecule has 1 N–H and O–H groups in total. The first-order valence-corrected chi connectivity index (χ1v) is 7.12. The van der Waals surface area contributed by atoms with Gasteiger partial charge in [0.25, 0.3) is 0 Å². The molecule has 2 aliphatic carbocycles. The summed E-state index contributed by atoms with van der Waals surface area (Å²) in [6.45, 7) is 4.25. The SMILES string of the molecule is CC(C)CO.O=C1C2=C(CCCC2)c2ccccc21. The number of fused-ring (bicyclic) bond motifs is 2. The van der Waals surface area contributed by atoms with E-state index in [0.29, 0.717) is 12.5 Å². The van der Waals surface area contributed by atoms with Crippen molar-refractivity contribution in [2.24, 2.45) is 5.92 Å². The number of hydrogen-bond donors (Lipinski definition) is 1. The first-order valence-electron chi connectivity index (χ1n) is 7.12. The minimum absolute atomic E-state index is 0.287. The summed E-state index contributed by atoms with van der Waals surface area (Å²) in [4.78, 5) is 12.0. The number of hydrogen-bond acceptors (Lipinski definition) is 2. The van der Waals surface area contributed by atoms with Crippen molar-refractivity contribution in [2.75, 3.05) is 6.61 Å². The molecule has 1 aromatic carbocycles. The lowest BCUT2D eigenvalue weighted by atomic mass is 9.92. The Hall–Kier alpha value is -1.41. The number of benzene rings is 1. The summed E-state index contributed by atoms with van der Waals surface area (Å²) in [6, 6.07) is 8.02. The summed E-state index contributed by atoms with van der Waals surface area (Å²) in [6.07, 6.45) is 4.50. The number of allylic oxidation sites excluding steroid dienone is 2. The molecule has 102 valence electrons. The van der Waals surface area contributed by atoms with Crippen LogP contribution in [0.1, 0.15) is 55.5 Å². The summed E-state index contributed by atoms with van der Waals surface area (Å²) < 4.78 is 0. The number of carbonyl (C=O) groups excluding carboxylic acids is 1. The van der Waals surface area contributed by atoms with Gasteiger partial charge in [0.1, 0.15) is 0 Å². The molecule has 19 heavy (non-hydrogen) atoms. The lowest BCUT2D eigenvalue weighted by Crippen LogP contribution is -2.01. The Labute approximate surface area is 115 Å². The molecule has 0 spiro atoms. The normalized spacial score (nSPS) is 16.9. The van der Waals surface area contributed by atoms with E-state index in [9.17, 15) is 4.79 Å². The average molecular weight is 258 g/mol. The van der Waals surface area contributed by atoms with Gasteiger partial charge >= 0.3 is 0 Å². The average Bonchev–Trinajstić information content (AvgIpc) is 2.74. The molecule has 2 heteroatoms. The molecule has 0 heterocycles. The molecular formula is C17H22O2. The predicted molar refractivity (Wildman–Crippen MR) is 78.1 cm³/mol. The van der Waals surface area contributed by atoms with Gasteiger partial charge < -0.3 is 5.11 Å². The van der Waals surface area contributed by atoms with Crippen molar-refractivity contribution in [3.05, 3.63) is 41.0 Å². The standard InChI is InChI=1S/C13H12O.C4H10O/c14-13-11-7-3-1-5-9(11)10-6-2-4-8-12(10)13;1-4(2)3-5/h1,3,5,7H,2,4,6,8H2;4-5H,3H2,1-2H3. The first kappa shape index (κ1) is 14.0. The van der Waals surface area contributed by atoms with Gasteiger partial charge in [0.15, 0.2) is 5.78 Å². The molecule has 1 aromatic rings. The van der Waals surface area contributed by atoms with Crippen LogP contribution >= 0.6 is 0 Å². The van der Waals surface area contributed by atoms with Crippen LogP contribution in [0.15, 0.2) is 29.8 Å². The third kappa shape index (κ3) is 2.95. The molecule has 2 nitrogen and oxygen atoms in total. The van der Waals surface area contributed by atoms with Crippen LogP contribution in [0.5, 0.6) is 0 Å². The maximum absolute atomic E-state index is 12.0. The van der Waals surface area contributed by atoms with E-state index in [2.05, 4.69) is 6.07 Å². The zero-order valence-corrected chi connectivity index (χ0v) is 11.8. The van der Waals surface area contributed by atoms with Crippen LogP contribution in [-0.2, 0) is 0 Å². The van der Waals surface area contributed by atoms with Crippen molar-refractivity contribution in [1.82, 2.24) is 0 Å². The summed E-state index contributed by atoms with van der Waals surface area (Å²) in [5.41, 5.74) is 4.56. The third-order valence-electron chi connectivity index (χ3n) is 3.60. The molecule has 0 aromatic heterocycles. The molecule has 0 saturated carbocycles. The Bertz CT molecular complexity index is 498. The molecule has 0 atom stereocenters. The molecule has 0 bridgehead atoms. The zero-order valence-electron chi connectivity index (χ0n) is 11.8. The van der Waals surface area contributed by atoms with E-state index in [1.807, 2.05) is 32.0 Å². The monoisotopic (exact) mass is 258 g/mol. The smallest absolute Gasteiger partial charge is 0.189 e. The number of carbonyl (C=O) groups is 1. The van der Waals surface area contributed by atoms with Gasteiger partial charge in [0, 0.05) is 17.7 Å². The second-order valence-corrected chi connectivity index (χ2v) is 5.62.